The van der Waals surface area contributed by atoms with Gasteiger partial charge in [-0.3, -0.25) is 4.79 Å². The van der Waals surface area contributed by atoms with Gasteiger partial charge in [0.25, 0.3) is 0 Å². The molecule has 2 nitrogen and oxygen atoms in total. The molecule has 116 valence electrons. The average molecular weight is 279 g/mol. The number of unbranched alkanes of at least 4 members (excludes halogenated alkanes) is 2. The SMILES string of the molecule is CCCCCC1CCC(C2CCC(NC=O)CC2)CC1. The van der Waals surface area contributed by atoms with Gasteiger partial charge in [0.15, 0.2) is 0 Å². The molecule has 1 N–H and O–H groups in total. The Morgan fingerprint density at radius 1 is 0.900 bits per heavy atom. The van der Waals surface area contributed by atoms with Crippen LogP contribution in [0, 0.1) is 17.8 Å². The molecule has 2 aliphatic carbocycles. The molecule has 0 atom stereocenters. The number of rotatable bonds is 7. The van der Waals surface area contributed by atoms with E-state index >= 15 is 0 Å². The molecule has 2 heteroatoms. The minimum absolute atomic E-state index is 0.467. The van der Waals surface area contributed by atoms with Crippen molar-refractivity contribution in [2.45, 2.75) is 90.0 Å². The minimum atomic E-state index is 0.467. The summed E-state index contributed by atoms with van der Waals surface area (Å²) in [7, 11) is 0. The normalized spacial score (nSPS) is 34.6. The van der Waals surface area contributed by atoms with Gasteiger partial charge in [-0.15, -0.1) is 0 Å². The molecular formula is C18H33NO. The minimum Gasteiger partial charge on any atom is -0.356 e. The first-order valence-electron chi connectivity index (χ1n) is 9.03. The Bertz CT molecular complexity index is 263. The molecule has 0 saturated heterocycles. The van der Waals surface area contributed by atoms with Crippen molar-refractivity contribution in [1.82, 2.24) is 5.32 Å². The predicted molar refractivity (Wildman–Crippen MR) is 84.5 cm³/mol. The number of carbonyl (C=O) groups is 1. The van der Waals surface area contributed by atoms with E-state index in [-0.39, 0.29) is 0 Å². The topological polar surface area (TPSA) is 29.1 Å². The molecule has 2 saturated carbocycles. The van der Waals surface area contributed by atoms with Gasteiger partial charge in [-0.05, 0) is 56.3 Å². The van der Waals surface area contributed by atoms with Crippen LogP contribution in [0.4, 0.5) is 0 Å². The average Bonchev–Trinajstić information content (AvgIpc) is 2.49. The van der Waals surface area contributed by atoms with Crippen molar-refractivity contribution >= 4 is 6.41 Å². The highest BCUT2D eigenvalue weighted by Gasteiger charge is 2.30. The molecular weight excluding hydrogens is 246 g/mol. The van der Waals surface area contributed by atoms with Gasteiger partial charge in [-0.25, -0.2) is 0 Å². The van der Waals surface area contributed by atoms with E-state index in [1.165, 1.54) is 77.0 Å². The lowest BCUT2D eigenvalue weighted by molar-refractivity contribution is -0.110. The third kappa shape index (κ3) is 4.79. The number of carbonyl (C=O) groups excluding carboxylic acids is 1. The third-order valence-electron chi connectivity index (χ3n) is 5.85. The summed E-state index contributed by atoms with van der Waals surface area (Å²) in [6, 6.07) is 0.467. The maximum Gasteiger partial charge on any atom is 0.207 e. The van der Waals surface area contributed by atoms with Crippen LogP contribution in [-0.4, -0.2) is 12.5 Å². The van der Waals surface area contributed by atoms with Gasteiger partial charge < -0.3 is 5.32 Å². The molecule has 0 unspecified atom stereocenters. The van der Waals surface area contributed by atoms with Gasteiger partial charge >= 0.3 is 0 Å². The quantitative estimate of drug-likeness (QED) is 0.532. The second-order valence-corrected chi connectivity index (χ2v) is 7.17. The molecule has 0 aromatic carbocycles. The van der Waals surface area contributed by atoms with Crippen molar-refractivity contribution in [2.24, 2.45) is 17.8 Å². The second-order valence-electron chi connectivity index (χ2n) is 7.17. The molecule has 0 heterocycles. The lowest BCUT2D eigenvalue weighted by atomic mass is 9.69. The number of amides is 1. The van der Waals surface area contributed by atoms with E-state index in [9.17, 15) is 4.79 Å². The zero-order valence-corrected chi connectivity index (χ0v) is 13.3. The first-order chi connectivity index (χ1) is 9.83. The first kappa shape index (κ1) is 15.9. The standard InChI is InChI=1S/C18H33NO/c1-2-3-4-5-15-6-8-16(9-7-15)17-10-12-18(13-11-17)19-14-20/h14-18H,2-13H2,1H3,(H,19,20). The van der Waals surface area contributed by atoms with Gasteiger partial charge in [0.1, 0.15) is 0 Å². The Morgan fingerprint density at radius 3 is 2.05 bits per heavy atom. The summed E-state index contributed by atoms with van der Waals surface area (Å²) in [5.74, 6) is 2.98. The zero-order chi connectivity index (χ0) is 14.2. The first-order valence-corrected chi connectivity index (χ1v) is 9.03. The fourth-order valence-electron chi connectivity index (χ4n) is 4.48. The summed E-state index contributed by atoms with van der Waals surface area (Å²) in [6.07, 6.45) is 17.6. The van der Waals surface area contributed by atoms with Crippen LogP contribution in [0.2, 0.25) is 0 Å². The highest BCUT2D eigenvalue weighted by molar-refractivity contribution is 5.46. The summed E-state index contributed by atoms with van der Waals surface area (Å²) in [5.41, 5.74) is 0. The monoisotopic (exact) mass is 279 g/mol. The molecule has 2 aliphatic rings. The van der Waals surface area contributed by atoms with Crippen molar-refractivity contribution in [3.63, 3.8) is 0 Å². The Morgan fingerprint density at radius 2 is 1.50 bits per heavy atom. The number of hydrogen-bond acceptors (Lipinski definition) is 1. The molecule has 0 radical (unpaired) electrons. The largest absolute Gasteiger partial charge is 0.356 e. The molecule has 1 amide bonds. The summed E-state index contributed by atoms with van der Waals surface area (Å²) in [6.45, 7) is 2.30. The van der Waals surface area contributed by atoms with Gasteiger partial charge in [-0.1, -0.05) is 45.4 Å². The second kappa shape index (κ2) is 8.69. The van der Waals surface area contributed by atoms with E-state index in [0.717, 1.165) is 24.2 Å². The van der Waals surface area contributed by atoms with Crippen LogP contribution in [0.25, 0.3) is 0 Å². The van der Waals surface area contributed by atoms with Crippen LogP contribution >= 0.6 is 0 Å². The molecule has 0 bridgehead atoms. The zero-order valence-electron chi connectivity index (χ0n) is 13.3. The fraction of sp³-hybridized carbons (Fsp3) is 0.944. The smallest absolute Gasteiger partial charge is 0.207 e. The van der Waals surface area contributed by atoms with Crippen LogP contribution < -0.4 is 5.32 Å². The molecule has 0 spiro atoms. The van der Waals surface area contributed by atoms with Crippen molar-refractivity contribution in [3.05, 3.63) is 0 Å². The van der Waals surface area contributed by atoms with Gasteiger partial charge in [0.2, 0.25) is 6.41 Å². The maximum absolute atomic E-state index is 10.5. The molecule has 0 aromatic rings. The summed E-state index contributed by atoms with van der Waals surface area (Å²) < 4.78 is 0. The predicted octanol–water partition coefficient (Wildman–Crippen LogP) is 4.68. The summed E-state index contributed by atoms with van der Waals surface area (Å²) in [5, 5.41) is 2.96. The maximum atomic E-state index is 10.5. The lowest BCUT2D eigenvalue weighted by Crippen LogP contribution is -2.34. The van der Waals surface area contributed by atoms with Gasteiger partial charge in [0.05, 0.1) is 0 Å². The molecule has 0 aromatic heterocycles. The molecule has 2 fully saturated rings. The third-order valence-corrected chi connectivity index (χ3v) is 5.85. The van der Waals surface area contributed by atoms with Crippen LogP contribution in [0.5, 0.6) is 0 Å². The highest BCUT2D eigenvalue weighted by Crippen LogP contribution is 2.41. The summed E-state index contributed by atoms with van der Waals surface area (Å²) >= 11 is 0. The van der Waals surface area contributed by atoms with E-state index < -0.39 is 0 Å². The van der Waals surface area contributed by atoms with Crippen LogP contribution in [0.3, 0.4) is 0 Å². The van der Waals surface area contributed by atoms with Crippen molar-refractivity contribution < 1.29 is 4.79 Å². The van der Waals surface area contributed by atoms with Crippen LogP contribution in [-0.2, 0) is 4.79 Å². The lowest BCUT2D eigenvalue weighted by Gasteiger charge is -2.37. The van der Waals surface area contributed by atoms with Crippen molar-refractivity contribution in [2.75, 3.05) is 0 Å². The van der Waals surface area contributed by atoms with E-state index in [1.54, 1.807) is 0 Å². The van der Waals surface area contributed by atoms with E-state index in [1.807, 2.05) is 0 Å². The molecule has 2 rings (SSSR count). The van der Waals surface area contributed by atoms with Gasteiger partial charge in [0, 0.05) is 6.04 Å². The van der Waals surface area contributed by atoms with Gasteiger partial charge in [-0.2, -0.15) is 0 Å². The Labute approximate surface area is 125 Å². The summed E-state index contributed by atoms with van der Waals surface area (Å²) in [4.78, 5) is 10.5. The Kier molecular flexibility index (Phi) is 6.89. The van der Waals surface area contributed by atoms with Crippen LogP contribution in [0.15, 0.2) is 0 Å². The fourth-order valence-corrected chi connectivity index (χ4v) is 4.48. The van der Waals surface area contributed by atoms with E-state index in [4.69, 9.17) is 0 Å². The van der Waals surface area contributed by atoms with E-state index in [0.29, 0.717) is 6.04 Å². The number of hydrogen-bond donors (Lipinski definition) is 1. The number of nitrogens with one attached hydrogen (secondary N) is 1. The Balaban J connectivity index is 1.63. The Hall–Kier alpha value is -0.530. The highest BCUT2D eigenvalue weighted by atomic mass is 16.1. The van der Waals surface area contributed by atoms with Crippen LogP contribution in [0.1, 0.15) is 84.0 Å². The molecule has 20 heavy (non-hydrogen) atoms. The molecule has 0 aliphatic heterocycles. The van der Waals surface area contributed by atoms with E-state index in [2.05, 4.69) is 12.2 Å². The van der Waals surface area contributed by atoms with Crippen molar-refractivity contribution in [3.8, 4) is 0 Å². The van der Waals surface area contributed by atoms with Crippen molar-refractivity contribution in [1.29, 1.82) is 0 Å².